The molecule has 0 unspecified atom stereocenters. The second kappa shape index (κ2) is 13.4. The first-order valence-corrected chi connectivity index (χ1v) is 15.5. The molecule has 8 heterocycles. The molecule has 15 heteroatoms. The fourth-order valence-corrected chi connectivity index (χ4v) is 5.91. The number of hydrogen-bond donors (Lipinski definition) is 3. The summed E-state index contributed by atoms with van der Waals surface area (Å²) in [6.07, 6.45) is 6.72. The maximum Gasteiger partial charge on any atom is 0.249 e. The number of rotatable bonds is 5. The van der Waals surface area contributed by atoms with E-state index in [0.717, 1.165) is 23.4 Å². The summed E-state index contributed by atoms with van der Waals surface area (Å²) in [5.74, 6) is 0.990. The SMILES string of the molecule is C[C@@H]1COCCN1c1cc(C#N)c2ccnc(-c3ccn[nH]3)c2n1.NC(=O)c1cc(N2CCOCC2)nc2c(-c3cc[nH]n3)nccc12. The number of ether oxygens (including phenoxy) is 2. The Kier molecular flexibility index (Phi) is 8.56. The van der Waals surface area contributed by atoms with Gasteiger partial charge in [0.1, 0.15) is 39.8 Å². The van der Waals surface area contributed by atoms with Crippen molar-refractivity contribution in [3.8, 4) is 28.8 Å². The molecule has 0 spiro atoms. The molecule has 8 rings (SSSR count). The molecule has 2 fully saturated rings. The van der Waals surface area contributed by atoms with E-state index in [2.05, 4.69) is 53.2 Å². The average Bonchev–Trinajstić information content (AvgIpc) is 3.87. The zero-order chi connectivity index (χ0) is 33.0. The Hall–Kier alpha value is -5.98. The topological polar surface area (TPSA) is 201 Å². The molecule has 6 aromatic rings. The summed E-state index contributed by atoms with van der Waals surface area (Å²) < 4.78 is 10.9. The van der Waals surface area contributed by atoms with E-state index in [-0.39, 0.29) is 6.04 Å². The third kappa shape index (κ3) is 5.97. The van der Waals surface area contributed by atoms with Crippen molar-refractivity contribution in [3.05, 3.63) is 72.3 Å². The minimum absolute atomic E-state index is 0.211. The highest BCUT2D eigenvalue weighted by atomic mass is 16.5. The van der Waals surface area contributed by atoms with Crippen LogP contribution in [0.2, 0.25) is 0 Å². The van der Waals surface area contributed by atoms with Crippen LogP contribution >= 0.6 is 0 Å². The van der Waals surface area contributed by atoms with Crippen LogP contribution in [0, 0.1) is 11.3 Å². The molecule has 0 saturated carbocycles. The number of aromatic nitrogens is 8. The van der Waals surface area contributed by atoms with E-state index in [1.807, 2.05) is 24.3 Å². The fourth-order valence-electron chi connectivity index (χ4n) is 5.91. The molecule has 0 radical (unpaired) electrons. The largest absolute Gasteiger partial charge is 0.378 e. The van der Waals surface area contributed by atoms with E-state index in [1.165, 1.54) is 0 Å². The number of fused-ring (bicyclic) bond motifs is 2. The van der Waals surface area contributed by atoms with Gasteiger partial charge in [-0.25, -0.2) is 9.97 Å². The van der Waals surface area contributed by atoms with Gasteiger partial charge >= 0.3 is 0 Å². The highest BCUT2D eigenvalue weighted by Gasteiger charge is 2.23. The van der Waals surface area contributed by atoms with Gasteiger partial charge in [0.15, 0.2) is 0 Å². The van der Waals surface area contributed by atoms with Crippen LogP contribution in [-0.4, -0.2) is 98.3 Å². The van der Waals surface area contributed by atoms with Gasteiger partial charge < -0.3 is 25.0 Å². The smallest absolute Gasteiger partial charge is 0.249 e. The van der Waals surface area contributed by atoms with Crippen LogP contribution in [0.1, 0.15) is 22.8 Å². The molecular weight excluding hydrogens is 612 g/mol. The molecule has 0 aliphatic carbocycles. The lowest BCUT2D eigenvalue weighted by Gasteiger charge is -2.34. The number of carbonyl (C=O) groups is 1. The van der Waals surface area contributed by atoms with E-state index < -0.39 is 5.91 Å². The third-order valence-electron chi connectivity index (χ3n) is 8.31. The standard InChI is InChI=1S/C17H16N6O.C16H16N6O2/c1-11-10-24-7-6-23(11)15-8-12(9-18)13-2-4-19-17(16(13)21-15)14-3-5-20-22-14;17-16(23)11-9-13(22-5-7-24-8-6-22)20-14-10(11)1-3-18-15(14)12-2-4-19-21-12/h2-5,8,11H,6-7,10H2,1H3,(H,20,22);1-4,9H,5-8H2,(H2,17,23)(H,19,21)/t11-;/m1./s1. The first kappa shape index (κ1) is 30.7. The summed E-state index contributed by atoms with van der Waals surface area (Å²) in [7, 11) is 0. The Morgan fingerprint density at radius 2 is 1.69 bits per heavy atom. The van der Waals surface area contributed by atoms with Crippen molar-refractivity contribution in [3.63, 3.8) is 0 Å². The first-order valence-electron chi connectivity index (χ1n) is 15.5. The maximum absolute atomic E-state index is 12.0. The molecule has 242 valence electrons. The highest BCUT2D eigenvalue weighted by Crippen LogP contribution is 2.31. The van der Waals surface area contributed by atoms with Crippen LogP contribution in [0.5, 0.6) is 0 Å². The number of nitrogens with one attached hydrogen (secondary N) is 2. The van der Waals surface area contributed by atoms with Crippen molar-refractivity contribution in [2.75, 3.05) is 55.9 Å². The van der Waals surface area contributed by atoms with E-state index in [0.29, 0.717) is 90.0 Å². The third-order valence-corrected chi connectivity index (χ3v) is 8.31. The summed E-state index contributed by atoms with van der Waals surface area (Å²) in [5.41, 5.74) is 10.7. The molecule has 2 aliphatic heterocycles. The molecule has 2 saturated heterocycles. The van der Waals surface area contributed by atoms with E-state index in [1.54, 1.807) is 36.9 Å². The Balaban J connectivity index is 0.000000152. The summed E-state index contributed by atoms with van der Waals surface area (Å²) in [5, 5.41) is 24.9. The summed E-state index contributed by atoms with van der Waals surface area (Å²) in [6, 6.07) is 13.3. The number of nitrogens with zero attached hydrogens (tertiary/aromatic N) is 9. The number of carbonyl (C=O) groups excluding carboxylic acids is 1. The number of morpholine rings is 2. The molecule has 1 amide bonds. The molecule has 48 heavy (non-hydrogen) atoms. The average molecular weight is 645 g/mol. The summed E-state index contributed by atoms with van der Waals surface area (Å²) >= 11 is 0. The van der Waals surface area contributed by atoms with Crippen molar-refractivity contribution < 1.29 is 14.3 Å². The molecule has 6 aromatic heterocycles. The monoisotopic (exact) mass is 644 g/mol. The zero-order valence-corrected chi connectivity index (χ0v) is 26.1. The number of H-pyrrole nitrogens is 2. The predicted molar refractivity (Wildman–Crippen MR) is 178 cm³/mol. The molecule has 4 N–H and O–H groups in total. The van der Waals surface area contributed by atoms with Gasteiger partial charge in [0, 0.05) is 55.2 Å². The van der Waals surface area contributed by atoms with Gasteiger partial charge in [-0.1, -0.05) is 0 Å². The van der Waals surface area contributed by atoms with Gasteiger partial charge in [-0.15, -0.1) is 0 Å². The van der Waals surface area contributed by atoms with Crippen LogP contribution in [0.4, 0.5) is 11.6 Å². The quantitative estimate of drug-likeness (QED) is 0.248. The second-order valence-electron chi connectivity index (χ2n) is 11.3. The lowest BCUT2D eigenvalue weighted by molar-refractivity contribution is 0.0985. The van der Waals surface area contributed by atoms with Crippen molar-refractivity contribution in [2.24, 2.45) is 5.73 Å². The Morgan fingerprint density at radius 3 is 2.40 bits per heavy atom. The van der Waals surface area contributed by atoms with Gasteiger partial charge in [0.25, 0.3) is 0 Å². The van der Waals surface area contributed by atoms with E-state index in [9.17, 15) is 10.1 Å². The first-order chi connectivity index (χ1) is 23.5. The molecule has 2 aliphatic rings. The Morgan fingerprint density at radius 1 is 0.938 bits per heavy atom. The van der Waals surface area contributed by atoms with Gasteiger partial charge in [-0.05, 0) is 43.3 Å². The van der Waals surface area contributed by atoms with Gasteiger partial charge in [-0.2, -0.15) is 15.5 Å². The van der Waals surface area contributed by atoms with Crippen LogP contribution in [0.3, 0.4) is 0 Å². The van der Waals surface area contributed by atoms with Gasteiger partial charge in [-0.3, -0.25) is 25.0 Å². The number of nitriles is 1. The number of anilines is 2. The highest BCUT2D eigenvalue weighted by molar-refractivity contribution is 6.08. The van der Waals surface area contributed by atoms with Crippen LogP contribution in [0.15, 0.2) is 61.2 Å². The lowest BCUT2D eigenvalue weighted by Crippen LogP contribution is -2.44. The molecule has 0 aromatic carbocycles. The number of hydrogen-bond acceptors (Lipinski definition) is 12. The Bertz CT molecular complexity index is 2100. The second-order valence-corrected chi connectivity index (χ2v) is 11.3. The number of aromatic amines is 2. The number of nitrogens with two attached hydrogens (primary N) is 1. The van der Waals surface area contributed by atoms with Crippen LogP contribution in [0.25, 0.3) is 44.6 Å². The minimum Gasteiger partial charge on any atom is -0.378 e. The van der Waals surface area contributed by atoms with Crippen molar-refractivity contribution >= 4 is 39.3 Å². The molecule has 0 bridgehead atoms. The van der Waals surface area contributed by atoms with Crippen molar-refractivity contribution in [1.29, 1.82) is 5.26 Å². The van der Waals surface area contributed by atoms with Crippen LogP contribution < -0.4 is 15.5 Å². The molecule has 1 atom stereocenters. The summed E-state index contributed by atoms with van der Waals surface area (Å²) in [6.45, 7) is 6.86. The minimum atomic E-state index is -0.490. The Labute approximate surface area is 274 Å². The van der Waals surface area contributed by atoms with E-state index in [4.69, 9.17) is 25.2 Å². The number of pyridine rings is 4. The van der Waals surface area contributed by atoms with Gasteiger partial charge in [0.2, 0.25) is 5.91 Å². The maximum atomic E-state index is 12.0. The zero-order valence-electron chi connectivity index (χ0n) is 26.1. The lowest BCUT2D eigenvalue weighted by atomic mass is 10.1. The fraction of sp³-hybridized carbons (Fsp3) is 0.273. The number of primary amides is 1. The van der Waals surface area contributed by atoms with Crippen molar-refractivity contribution in [1.82, 2.24) is 40.3 Å². The summed E-state index contributed by atoms with van der Waals surface area (Å²) in [4.78, 5) is 34.6. The normalized spacial score (nSPS) is 16.4. The molecular formula is C33H32N12O3. The number of amides is 1. The van der Waals surface area contributed by atoms with Gasteiger partial charge in [0.05, 0.1) is 55.4 Å². The predicted octanol–water partition coefficient (Wildman–Crippen LogP) is 3.07. The molecule has 15 nitrogen and oxygen atoms in total. The van der Waals surface area contributed by atoms with Crippen molar-refractivity contribution in [2.45, 2.75) is 13.0 Å². The van der Waals surface area contributed by atoms with E-state index >= 15 is 0 Å². The van der Waals surface area contributed by atoms with Crippen LogP contribution in [-0.2, 0) is 9.47 Å².